The van der Waals surface area contributed by atoms with Crippen molar-refractivity contribution >= 4 is 519 Å². The molecule has 0 spiro atoms. The summed E-state index contributed by atoms with van der Waals surface area (Å²) in [6.07, 6.45) is 3.55. The Labute approximate surface area is 626 Å². The normalized spacial score (nSPS) is 9.28. The number of imidazole rings is 1. The van der Waals surface area contributed by atoms with Gasteiger partial charge in [-0.05, 0) is 6.07 Å². The van der Waals surface area contributed by atoms with Crippen molar-refractivity contribution in [2.24, 2.45) is 0 Å². The molecule has 0 saturated heterocycles. The van der Waals surface area contributed by atoms with E-state index in [1.807, 2.05) is 367 Å². The zero-order valence-electron chi connectivity index (χ0n) is 38.0. The smallest absolute Gasteiger partial charge is 0.143 e. The first-order valence-electron chi connectivity index (χ1n) is 17.2. The van der Waals surface area contributed by atoms with Crippen LogP contribution in [0.25, 0.3) is 22.4 Å². The topological polar surface area (TPSA) is 93.4 Å². The molecule has 0 aliphatic rings. The number of nitrogens with zero attached hydrogens (tertiary/aromatic N) is 4. The summed E-state index contributed by atoms with van der Waals surface area (Å²) < 4.78 is 0. The second-order valence-electron chi connectivity index (χ2n) is 11.8. The summed E-state index contributed by atoms with van der Waals surface area (Å²) in [6.45, 7) is 12.6. The fourth-order valence-corrected chi connectivity index (χ4v) is 146. The van der Waals surface area contributed by atoms with Crippen LogP contribution < -0.4 is 5.73 Å². The van der Waals surface area contributed by atoms with Crippen LogP contribution in [0, 0.1) is 0 Å². The minimum absolute atomic E-state index is 0.0240. The first kappa shape index (κ1) is 85.9. The number of anilines is 1. The lowest BCUT2D eigenvalue weighted by Gasteiger charge is -2.17. The molecule has 0 amide bonds. The number of aromatic nitrogens is 5. The van der Waals surface area contributed by atoms with E-state index in [-0.39, 0.29) is 10.8 Å². The van der Waals surface area contributed by atoms with Crippen LogP contribution in [0.3, 0.4) is 0 Å². The number of hydrogen-bond acceptors (Lipinski definition) is 7. The lowest BCUT2D eigenvalue weighted by atomic mass is 9.91. The number of nitrogen functional groups attached to an aromatic ring is 1. The SMILES string of the molecule is CC(C)(C)c1cc2nc(-c3cnc(C(C)(C)C)nc3N)[nH]c2cn1.S=S=S=S=S=S=S=S=S=S=S=S=S=S=S=S=S=S=S=S=S=S=S=S=S=S=S=S=S=S=S=S=S=S=S=S=S=S=S=S=S=S=S=S=S=S=S=S=S=S=S=S=S=S=S=S. The first-order chi connectivity index (χ1) is 39.0. The van der Waals surface area contributed by atoms with Gasteiger partial charge in [0.05, 0.1) is 22.8 Å². The van der Waals surface area contributed by atoms with E-state index in [0.29, 0.717) is 17.2 Å². The number of hydrogen-bond donors (Lipinski definition) is 2. The molecular weight excluding hydrogens is 2100 g/mol. The van der Waals surface area contributed by atoms with Crippen molar-refractivity contribution in [1.29, 1.82) is 0 Å². The number of H-pyrrole nitrogens is 1. The molecule has 3 N–H and O–H groups in total. The van der Waals surface area contributed by atoms with Crippen LogP contribution in [0.15, 0.2) is 18.5 Å². The minimum Gasteiger partial charge on any atom is -0.383 e. The van der Waals surface area contributed by atoms with Gasteiger partial charge in [-0.2, -0.15) is 0 Å². The summed E-state index contributed by atoms with van der Waals surface area (Å²) in [4.78, 5) is 21.3. The van der Waals surface area contributed by atoms with E-state index in [2.05, 4.69) is 66.5 Å². The van der Waals surface area contributed by atoms with Crippen LogP contribution in [0.2, 0.25) is 0 Å². The first-order valence-corrected chi connectivity index (χ1v) is 90.6. The van der Waals surface area contributed by atoms with Gasteiger partial charge in [0.2, 0.25) is 0 Å². The number of nitrogens with one attached hydrogen (secondary N) is 1. The summed E-state index contributed by atoms with van der Waals surface area (Å²) in [5, 5.41) is 0. The quantitative estimate of drug-likeness (QED) is 0.386. The highest BCUT2D eigenvalue weighted by molar-refractivity contribution is 8.83. The van der Waals surface area contributed by atoms with Crippen molar-refractivity contribution in [1.82, 2.24) is 24.9 Å². The number of fused-ring (bicyclic) bond motifs is 1. The molecule has 0 aliphatic carbocycles. The molecule has 62 heteroatoms. The molecule has 80 heavy (non-hydrogen) atoms. The third kappa shape index (κ3) is 52.0. The zero-order valence-corrected chi connectivity index (χ0v) is 83.7. The van der Waals surface area contributed by atoms with Gasteiger partial charge in [0, 0.05) is 525 Å². The fraction of sp³-hybridized carbons (Fsp3) is 0.444. The fourth-order valence-electron chi connectivity index (χ4n) is 2.98. The monoisotopic (exact) mass is 2110 g/mol. The zero-order chi connectivity index (χ0) is 57.9. The molecule has 0 bridgehead atoms. The number of nitrogens with two attached hydrogens (primary N) is 1. The van der Waals surface area contributed by atoms with Gasteiger partial charge in [0.1, 0.15) is 17.5 Å². The van der Waals surface area contributed by atoms with E-state index in [1.165, 1.54) is 17.8 Å². The van der Waals surface area contributed by atoms with E-state index in [9.17, 15) is 0 Å². The highest BCUT2D eigenvalue weighted by Gasteiger charge is 2.21. The summed E-state index contributed by atoms with van der Waals surface area (Å²) in [5.74, 6) is 1.81. The Morgan fingerprint density at radius 2 is 0.588 bits per heavy atom. The molecule has 3 heterocycles. The van der Waals surface area contributed by atoms with Crippen LogP contribution in [0.1, 0.15) is 53.1 Å². The molecule has 3 rings (SSSR count). The molecular formula is C18H24N6S56. The van der Waals surface area contributed by atoms with Crippen LogP contribution in [0.4, 0.5) is 5.82 Å². The van der Waals surface area contributed by atoms with Gasteiger partial charge < -0.3 is 10.7 Å². The Morgan fingerprint density at radius 3 is 0.800 bits per heavy atom. The molecule has 0 saturated carbocycles. The molecule has 0 atom stereocenters. The molecule has 0 unspecified atom stereocenters. The van der Waals surface area contributed by atoms with Crippen molar-refractivity contribution < 1.29 is 0 Å². The average molecular weight is 2120 g/mol. The van der Waals surface area contributed by atoms with Crippen LogP contribution >= 0.6 is 0 Å². The molecule has 3 aromatic heterocycles. The maximum Gasteiger partial charge on any atom is 0.143 e. The molecule has 6 nitrogen and oxygen atoms in total. The van der Waals surface area contributed by atoms with Crippen molar-refractivity contribution in [3.8, 4) is 11.4 Å². The molecule has 0 radical (unpaired) electrons. The van der Waals surface area contributed by atoms with Gasteiger partial charge in [-0.3, -0.25) is 4.98 Å². The largest absolute Gasteiger partial charge is 0.383 e. The van der Waals surface area contributed by atoms with E-state index < -0.39 is 0 Å². The van der Waals surface area contributed by atoms with Gasteiger partial charge in [0.25, 0.3) is 0 Å². The Hall–Kier alpha value is 9.82. The third-order valence-corrected chi connectivity index (χ3v) is 123. The van der Waals surface area contributed by atoms with Crippen molar-refractivity contribution in [2.45, 2.75) is 52.4 Å². The molecule has 0 aromatic carbocycles. The summed E-state index contributed by atoms with van der Waals surface area (Å²) in [6, 6.07) is 2.01. The Bertz CT molecular complexity index is 5170. The van der Waals surface area contributed by atoms with Crippen LogP contribution in [-0.2, 0) is 513 Å². The summed E-state index contributed by atoms with van der Waals surface area (Å²) >= 11 is 9.63. The lowest BCUT2D eigenvalue weighted by molar-refractivity contribution is 0.546. The second kappa shape index (κ2) is 62.3. The number of aromatic amines is 1. The van der Waals surface area contributed by atoms with Crippen LogP contribution in [0.5, 0.6) is 0 Å². The summed E-state index contributed by atoms with van der Waals surface area (Å²) in [5.41, 5.74) is 9.42. The summed E-state index contributed by atoms with van der Waals surface area (Å²) in [7, 11) is 96.7. The van der Waals surface area contributed by atoms with Gasteiger partial charge in [-0.15, -0.1) is 0 Å². The van der Waals surface area contributed by atoms with Crippen molar-refractivity contribution in [2.75, 3.05) is 5.73 Å². The van der Waals surface area contributed by atoms with E-state index in [1.54, 1.807) is 113 Å². The number of pyridine rings is 1. The van der Waals surface area contributed by atoms with Gasteiger partial charge >= 0.3 is 0 Å². The highest BCUT2D eigenvalue weighted by atomic mass is 33.5. The van der Waals surface area contributed by atoms with E-state index in [4.69, 9.17) is 28.1 Å². The van der Waals surface area contributed by atoms with E-state index >= 15 is 0 Å². The average Bonchev–Trinajstić information content (AvgIpc) is 3.87. The molecule has 0 aliphatic heterocycles. The second-order valence-corrected chi connectivity index (χ2v) is 107. The Morgan fingerprint density at radius 1 is 0.338 bits per heavy atom. The van der Waals surface area contributed by atoms with Gasteiger partial charge in [-0.25, -0.2) is 15.0 Å². The predicted octanol–water partition coefficient (Wildman–Crippen LogP) is 3.46. The predicted molar refractivity (Wildman–Crippen MR) is 509 cm³/mol. The Balaban J connectivity index is 0.000000744. The van der Waals surface area contributed by atoms with E-state index in [0.717, 1.165) is 22.6 Å². The third-order valence-electron chi connectivity index (χ3n) is 5.35. The van der Waals surface area contributed by atoms with Crippen molar-refractivity contribution in [3.05, 3.63) is 30.0 Å². The number of rotatable bonds is 1. The highest BCUT2D eigenvalue weighted by Crippen LogP contribution is 2.28. The maximum absolute atomic E-state index is 6.14. The van der Waals surface area contributed by atoms with Gasteiger partial charge in [-0.1, -0.05) is 41.5 Å². The van der Waals surface area contributed by atoms with Gasteiger partial charge in [0.15, 0.2) is 0 Å². The molecule has 462 valence electrons. The van der Waals surface area contributed by atoms with Crippen molar-refractivity contribution in [3.63, 3.8) is 0 Å². The maximum atomic E-state index is 6.14. The van der Waals surface area contributed by atoms with Crippen LogP contribution in [-0.4, -0.2) is 24.9 Å². The lowest BCUT2D eigenvalue weighted by Crippen LogP contribution is -2.17. The molecule has 3 aromatic rings. The standard InChI is InChI=1S/C18H24N6.S56/c1-17(2,3)13-7-11-12(9-20-13)23-15(22-11)10-8-21-16(18(4,5)6)24-14(10)19;1-3-5-7-9-11-13-15-17-19-21-23-25-27-29-31-33-35-37-39-41-43-45-47-49-51-53-55-56-54-52-50-48-46-44-42-40-38-36-34-32-30-28-26-24-22-20-18-16-14-12-10-8-6-4-2/h7-9H,1-6H3,(H,22,23)(H2,19,21,24);. The minimum atomic E-state index is -0.147. The Kier molecular flexibility index (Phi) is 67.0. The molecule has 0 fully saturated rings.